The van der Waals surface area contributed by atoms with Crippen LogP contribution in [0.1, 0.15) is 84.6 Å². The highest BCUT2D eigenvalue weighted by Crippen LogP contribution is 2.51. The standard InChI is InChI=1S/C26H40O2S2/c1-5-9-11-19(7-3)17-27-23-21-13-15-29-25(21)26-22(14-16-30-26)24(23)28-18-20(8-4)12-10-6-2/h13,15,19-20H,5-12,14,16-18H2,1-4H3. The van der Waals surface area contributed by atoms with E-state index in [1.807, 2.05) is 23.1 Å². The Morgan fingerprint density at radius 1 is 0.900 bits per heavy atom. The molecule has 0 saturated heterocycles. The van der Waals surface area contributed by atoms with Gasteiger partial charge in [0.05, 0.1) is 17.9 Å². The number of fused-ring (bicyclic) bond motifs is 3. The number of hydrogen-bond donors (Lipinski definition) is 0. The van der Waals surface area contributed by atoms with Crippen molar-refractivity contribution < 1.29 is 9.47 Å². The van der Waals surface area contributed by atoms with E-state index in [-0.39, 0.29) is 0 Å². The van der Waals surface area contributed by atoms with E-state index in [0.717, 1.165) is 36.9 Å². The lowest BCUT2D eigenvalue weighted by Gasteiger charge is -2.22. The van der Waals surface area contributed by atoms with Crippen molar-refractivity contribution in [3.63, 3.8) is 0 Å². The van der Waals surface area contributed by atoms with E-state index in [0.29, 0.717) is 11.8 Å². The minimum atomic E-state index is 0.627. The molecule has 2 heterocycles. The Kier molecular flexibility index (Phi) is 9.70. The van der Waals surface area contributed by atoms with E-state index in [1.165, 1.54) is 71.9 Å². The fourth-order valence-electron chi connectivity index (χ4n) is 4.29. The van der Waals surface area contributed by atoms with E-state index in [9.17, 15) is 0 Å². The van der Waals surface area contributed by atoms with Gasteiger partial charge in [0, 0.05) is 21.6 Å². The van der Waals surface area contributed by atoms with Crippen molar-refractivity contribution >= 4 is 33.2 Å². The lowest BCUT2D eigenvalue weighted by molar-refractivity contribution is 0.199. The van der Waals surface area contributed by atoms with Crippen LogP contribution in [0.3, 0.4) is 0 Å². The number of unbranched alkanes of at least 4 members (excludes halogenated alkanes) is 2. The first-order valence-electron chi connectivity index (χ1n) is 12.2. The van der Waals surface area contributed by atoms with Gasteiger partial charge < -0.3 is 9.47 Å². The second-order valence-corrected chi connectivity index (χ2v) is 10.7. The summed E-state index contributed by atoms with van der Waals surface area (Å²) in [7, 11) is 0. The molecule has 1 aliphatic rings. The van der Waals surface area contributed by atoms with Gasteiger partial charge in [-0.1, -0.05) is 66.2 Å². The van der Waals surface area contributed by atoms with Crippen LogP contribution in [0.5, 0.6) is 11.5 Å². The van der Waals surface area contributed by atoms with Gasteiger partial charge in [0.2, 0.25) is 0 Å². The van der Waals surface area contributed by atoms with Gasteiger partial charge in [-0.15, -0.1) is 23.1 Å². The summed E-state index contributed by atoms with van der Waals surface area (Å²) in [6.07, 6.45) is 11.1. The quantitative estimate of drug-likeness (QED) is 0.288. The molecule has 1 aromatic heterocycles. The third-order valence-electron chi connectivity index (χ3n) is 6.48. The first kappa shape index (κ1) is 23.8. The van der Waals surface area contributed by atoms with E-state index in [4.69, 9.17) is 9.47 Å². The molecule has 1 aromatic carbocycles. The first-order valence-corrected chi connectivity index (χ1v) is 14.0. The number of thioether (sulfide) groups is 1. The summed E-state index contributed by atoms with van der Waals surface area (Å²) in [4.78, 5) is 1.45. The first-order chi connectivity index (χ1) is 14.7. The van der Waals surface area contributed by atoms with E-state index in [1.54, 1.807) is 0 Å². The second kappa shape index (κ2) is 12.2. The highest BCUT2D eigenvalue weighted by atomic mass is 32.2. The SMILES string of the molecule is CCCCC(CC)COc1c2c(c3sccc3c1OCC(CC)CCCC)SCC2. The average Bonchev–Trinajstić information content (AvgIpc) is 3.44. The summed E-state index contributed by atoms with van der Waals surface area (Å²) >= 11 is 3.85. The van der Waals surface area contributed by atoms with Crippen molar-refractivity contribution in [3.8, 4) is 11.5 Å². The fraction of sp³-hybridized carbons (Fsp3) is 0.692. The summed E-state index contributed by atoms with van der Waals surface area (Å²) < 4.78 is 14.6. The van der Waals surface area contributed by atoms with Gasteiger partial charge in [-0.2, -0.15) is 0 Å². The van der Waals surface area contributed by atoms with Crippen molar-refractivity contribution in [1.82, 2.24) is 0 Å². The van der Waals surface area contributed by atoms with Crippen LogP contribution in [0.4, 0.5) is 0 Å². The molecule has 0 fully saturated rings. The van der Waals surface area contributed by atoms with Crippen LogP contribution in [-0.2, 0) is 6.42 Å². The second-order valence-electron chi connectivity index (χ2n) is 8.68. The van der Waals surface area contributed by atoms with Gasteiger partial charge in [0.15, 0.2) is 11.5 Å². The number of benzene rings is 1. The number of ether oxygens (including phenoxy) is 2. The molecule has 0 spiro atoms. The summed E-state index contributed by atoms with van der Waals surface area (Å²) in [6, 6.07) is 2.24. The maximum Gasteiger partial charge on any atom is 0.170 e. The Hall–Kier alpha value is -0.870. The number of rotatable bonds is 14. The van der Waals surface area contributed by atoms with Crippen molar-refractivity contribution in [2.24, 2.45) is 11.8 Å². The van der Waals surface area contributed by atoms with Crippen LogP contribution in [-0.4, -0.2) is 19.0 Å². The maximum atomic E-state index is 6.62. The van der Waals surface area contributed by atoms with Gasteiger partial charge in [0.1, 0.15) is 0 Å². The predicted molar refractivity (Wildman–Crippen MR) is 134 cm³/mol. The van der Waals surface area contributed by atoms with Crippen LogP contribution in [0.15, 0.2) is 16.3 Å². The molecule has 0 bridgehead atoms. The molecule has 0 aliphatic carbocycles. The molecule has 0 saturated carbocycles. The molecule has 30 heavy (non-hydrogen) atoms. The Labute approximate surface area is 192 Å². The highest BCUT2D eigenvalue weighted by molar-refractivity contribution is 8.00. The average molecular weight is 449 g/mol. The molecule has 2 unspecified atom stereocenters. The Balaban J connectivity index is 1.86. The van der Waals surface area contributed by atoms with E-state index < -0.39 is 0 Å². The summed E-state index contributed by atoms with van der Waals surface area (Å²) in [5.41, 5.74) is 1.40. The molecule has 4 heteroatoms. The smallest absolute Gasteiger partial charge is 0.170 e. The minimum absolute atomic E-state index is 0.627. The van der Waals surface area contributed by atoms with Crippen LogP contribution in [0, 0.1) is 11.8 Å². The highest BCUT2D eigenvalue weighted by Gasteiger charge is 2.27. The van der Waals surface area contributed by atoms with Gasteiger partial charge in [-0.25, -0.2) is 0 Å². The van der Waals surface area contributed by atoms with Crippen molar-refractivity contribution in [2.45, 2.75) is 90.4 Å². The lowest BCUT2D eigenvalue weighted by atomic mass is 10.00. The molecule has 2 aromatic rings. The van der Waals surface area contributed by atoms with Gasteiger partial charge >= 0.3 is 0 Å². The molecule has 168 valence electrons. The third kappa shape index (κ3) is 5.68. The Bertz CT molecular complexity index is 783. The Morgan fingerprint density at radius 2 is 1.53 bits per heavy atom. The van der Waals surface area contributed by atoms with E-state index >= 15 is 0 Å². The molecular weight excluding hydrogens is 408 g/mol. The van der Waals surface area contributed by atoms with E-state index in [2.05, 4.69) is 39.1 Å². The monoisotopic (exact) mass is 448 g/mol. The van der Waals surface area contributed by atoms with Crippen LogP contribution in [0.2, 0.25) is 0 Å². The van der Waals surface area contributed by atoms with Crippen molar-refractivity contribution in [2.75, 3.05) is 19.0 Å². The van der Waals surface area contributed by atoms with Crippen LogP contribution >= 0.6 is 23.1 Å². The molecule has 2 nitrogen and oxygen atoms in total. The number of thiophene rings is 1. The summed E-state index contributed by atoms with van der Waals surface area (Å²) in [5.74, 6) is 4.49. The zero-order chi connectivity index (χ0) is 21.3. The molecule has 3 rings (SSSR count). The maximum absolute atomic E-state index is 6.62. The van der Waals surface area contributed by atoms with Crippen molar-refractivity contribution in [1.29, 1.82) is 0 Å². The van der Waals surface area contributed by atoms with Gasteiger partial charge in [-0.05, 0) is 42.5 Å². The molecule has 0 amide bonds. The normalized spacial score (nSPS) is 15.3. The predicted octanol–water partition coefficient (Wildman–Crippen LogP) is 8.74. The minimum Gasteiger partial charge on any atom is -0.489 e. The molecule has 0 radical (unpaired) electrons. The van der Waals surface area contributed by atoms with Gasteiger partial charge in [-0.3, -0.25) is 0 Å². The lowest BCUT2D eigenvalue weighted by Crippen LogP contribution is -2.15. The zero-order valence-corrected chi connectivity index (χ0v) is 21.1. The topological polar surface area (TPSA) is 18.5 Å². The summed E-state index contributed by atoms with van der Waals surface area (Å²) in [6.45, 7) is 10.7. The third-order valence-corrected chi connectivity index (χ3v) is 8.69. The number of hydrogen-bond acceptors (Lipinski definition) is 4. The Morgan fingerprint density at radius 3 is 2.13 bits per heavy atom. The van der Waals surface area contributed by atoms with Crippen molar-refractivity contribution in [3.05, 3.63) is 17.0 Å². The van der Waals surface area contributed by atoms with Crippen LogP contribution < -0.4 is 9.47 Å². The fourth-order valence-corrected chi connectivity index (χ4v) is 6.59. The molecule has 0 N–H and O–H groups in total. The molecular formula is C26H40O2S2. The summed E-state index contributed by atoms with van der Waals surface area (Å²) in [5, 5.41) is 3.47. The zero-order valence-electron chi connectivity index (χ0n) is 19.4. The molecule has 1 aliphatic heterocycles. The largest absolute Gasteiger partial charge is 0.489 e. The van der Waals surface area contributed by atoms with Crippen LogP contribution in [0.25, 0.3) is 10.1 Å². The molecule has 2 atom stereocenters. The van der Waals surface area contributed by atoms with Gasteiger partial charge in [0.25, 0.3) is 0 Å².